The second kappa shape index (κ2) is 18.6. The molecule has 1 aliphatic rings. The smallest absolute Gasteiger partial charge is 0.309 e. The Labute approximate surface area is 291 Å². The molecule has 0 bridgehead atoms. The Kier molecular flexibility index (Phi) is 16.6. The van der Waals surface area contributed by atoms with E-state index >= 15 is 0 Å². The van der Waals surface area contributed by atoms with Crippen molar-refractivity contribution in [2.75, 3.05) is 46.1 Å². The second-order valence-electron chi connectivity index (χ2n) is 15.7. The van der Waals surface area contributed by atoms with Gasteiger partial charge in [-0.15, -0.1) is 0 Å². The standard InChI is InChI=1S/C35H60N4O10/c1-31(2,16-21-48-34(7,8)15-18-36-25(40)13-19-39-27(42)11-12-28(39)43)29(44)38-33(5,6)24-47-20-14-26(41)37-23-35(9,10)49-22-17-32(3,4)30(45)46/h11-12H,13-24H2,1-10H3,(H,36,40)(H,37,41)(H,38,44)(H,45,46). The molecule has 0 aromatic rings. The number of aliphatic carboxylic acids is 1. The molecular weight excluding hydrogens is 636 g/mol. The van der Waals surface area contributed by atoms with Gasteiger partial charge in [0.15, 0.2) is 0 Å². The minimum Gasteiger partial charge on any atom is -0.481 e. The molecule has 0 spiro atoms. The summed E-state index contributed by atoms with van der Waals surface area (Å²) < 4.78 is 17.6. The summed E-state index contributed by atoms with van der Waals surface area (Å²) in [6.45, 7) is 19.7. The molecule has 0 radical (unpaired) electrons. The first kappa shape index (κ1) is 43.7. The zero-order valence-electron chi connectivity index (χ0n) is 31.2. The number of ether oxygens (including phenoxy) is 3. The number of amides is 5. The fraction of sp³-hybridized carbons (Fsp3) is 0.771. The Hall–Kier alpha value is -3.36. The van der Waals surface area contributed by atoms with Crippen molar-refractivity contribution < 1.29 is 48.1 Å². The van der Waals surface area contributed by atoms with Crippen LogP contribution in [0.4, 0.5) is 0 Å². The van der Waals surface area contributed by atoms with E-state index in [-0.39, 0.29) is 63.5 Å². The van der Waals surface area contributed by atoms with Crippen LogP contribution < -0.4 is 16.0 Å². The Morgan fingerprint density at radius 3 is 1.82 bits per heavy atom. The molecular formula is C35H60N4O10. The van der Waals surface area contributed by atoms with Crippen molar-refractivity contribution in [2.24, 2.45) is 10.8 Å². The normalized spacial score (nSPS) is 14.3. The summed E-state index contributed by atoms with van der Waals surface area (Å²) >= 11 is 0. The largest absolute Gasteiger partial charge is 0.481 e. The zero-order valence-corrected chi connectivity index (χ0v) is 31.2. The highest BCUT2D eigenvalue weighted by molar-refractivity contribution is 6.13. The summed E-state index contributed by atoms with van der Waals surface area (Å²) in [5, 5.41) is 17.9. The summed E-state index contributed by atoms with van der Waals surface area (Å²) in [7, 11) is 0. The fourth-order valence-electron chi connectivity index (χ4n) is 4.37. The van der Waals surface area contributed by atoms with Crippen molar-refractivity contribution in [3.05, 3.63) is 12.2 Å². The molecule has 0 aliphatic carbocycles. The van der Waals surface area contributed by atoms with Crippen molar-refractivity contribution in [1.29, 1.82) is 0 Å². The van der Waals surface area contributed by atoms with Crippen LogP contribution >= 0.6 is 0 Å². The third-order valence-electron chi connectivity index (χ3n) is 8.25. The van der Waals surface area contributed by atoms with E-state index in [0.717, 1.165) is 4.90 Å². The highest BCUT2D eigenvalue weighted by Crippen LogP contribution is 2.25. The Bertz CT molecular complexity index is 1190. The average molecular weight is 697 g/mol. The number of hydrogen-bond donors (Lipinski definition) is 4. The zero-order chi connectivity index (χ0) is 37.7. The summed E-state index contributed by atoms with van der Waals surface area (Å²) in [5.41, 5.74) is -3.54. The molecule has 0 aromatic heterocycles. The van der Waals surface area contributed by atoms with Gasteiger partial charge >= 0.3 is 5.97 Å². The molecule has 14 heteroatoms. The molecule has 1 aliphatic heterocycles. The van der Waals surface area contributed by atoms with Crippen LogP contribution in [-0.4, -0.2) is 108 Å². The minimum absolute atomic E-state index is 0.0215. The van der Waals surface area contributed by atoms with Crippen LogP contribution in [-0.2, 0) is 43.0 Å². The van der Waals surface area contributed by atoms with Crippen molar-refractivity contribution >= 4 is 35.5 Å². The first-order chi connectivity index (χ1) is 22.4. The van der Waals surface area contributed by atoms with E-state index in [0.29, 0.717) is 32.4 Å². The van der Waals surface area contributed by atoms with E-state index in [1.54, 1.807) is 13.8 Å². The molecule has 0 aromatic carbocycles. The van der Waals surface area contributed by atoms with Gasteiger partial charge in [0.2, 0.25) is 17.7 Å². The van der Waals surface area contributed by atoms with Gasteiger partial charge < -0.3 is 35.3 Å². The summed E-state index contributed by atoms with van der Waals surface area (Å²) in [4.78, 5) is 73.1. The van der Waals surface area contributed by atoms with Crippen LogP contribution in [0.2, 0.25) is 0 Å². The monoisotopic (exact) mass is 696 g/mol. The van der Waals surface area contributed by atoms with Crippen LogP contribution in [0.3, 0.4) is 0 Å². The lowest BCUT2D eigenvalue weighted by molar-refractivity contribution is -0.149. The number of rotatable bonds is 24. The molecule has 0 fully saturated rings. The van der Waals surface area contributed by atoms with Crippen molar-refractivity contribution in [3.8, 4) is 0 Å². The molecule has 0 unspecified atom stereocenters. The number of carboxylic acids is 1. The quantitative estimate of drug-likeness (QED) is 0.0863. The first-order valence-electron chi connectivity index (χ1n) is 16.9. The predicted octanol–water partition coefficient (Wildman–Crippen LogP) is 2.73. The summed E-state index contributed by atoms with van der Waals surface area (Å²) in [6, 6.07) is 0. The minimum atomic E-state index is -0.891. The summed E-state index contributed by atoms with van der Waals surface area (Å²) in [6.07, 6.45) is 3.85. The maximum absolute atomic E-state index is 13.1. The topological polar surface area (TPSA) is 190 Å². The van der Waals surface area contributed by atoms with Gasteiger partial charge in [-0.2, -0.15) is 0 Å². The number of carbonyl (C=O) groups excluding carboxylic acids is 5. The van der Waals surface area contributed by atoms with Gasteiger partial charge in [-0.05, 0) is 74.7 Å². The van der Waals surface area contributed by atoms with Crippen molar-refractivity contribution in [3.63, 3.8) is 0 Å². The molecule has 5 amide bonds. The van der Waals surface area contributed by atoms with Gasteiger partial charge in [-0.1, -0.05) is 13.8 Å². The molecule has 0 saturated heterocycles. The maximum Gasteiger partial charge on any atom is 0.309 e. The average Bonchev–Trinajstić information content (AvgIpc) is 3.28. The second-order valence-corrected chi connectivity index (χ2v) is 15.7. The maximum atomic E-state index is 13.1. The SMILES string of the molecule is CC(C)(COCCC(=O)NCC(C)(C)OCCC(C)(C)C(=O)O)NC(=O)C(C)(C)CCOC(C)(C)CCNC(=O)CCN1C(=O)C=CC1=O. The van der Waals surface area contributed by atoms with E-state index in [2.05, 4.69) is 16.0 Å². The van der Waals surface area contributed by atoms with Crippen LogP contribution in [0.5, 0.6) is 0 Å². The molecule has 280 valence electrons. The first-order valence-corrected chi connectivity index (χ1v) is 16.9. The van der Waals surface area contributed by atoms with Crippen LogP contribution in [0.1, 0.15) is 101 Å². The van der Waals surface area contributed by atoms with E-state index in [9.17, 15) is 33.9 Å². The Morgan fingerprint density at radius 1 is 0.714 bits per heavy atom. The highest BCUT2D eigenvalue weighted by Gasteiger charge is 2.33. The van der Waals surface area contributed by atoms with Gasteiger partial charge in [0.05, 0.1) is 35.4 Å². The third kappa shape index (κ3) is 17.2. The number of carboxylic acid groups (broad SMARTS) is 1. The molecule has 0 atom stereocenters. The summed E-state index contributed by atoms with van der Waals surface area (Å²) in [5.74, 6) is -2.35. The van der Waals surface area contributed by atoms with Crippen LogP contribution in [0.25, 0.3) is 0 Å². The molecule has 49 heavy (non-hydrogen) atoms. The molecule has 0 saturated carbocycles. The van der Waals surface area contributed by atoms with Crippen molar-refractivity contribution in [1.82, 2.24) is 20.9 Å². The molecule has 14 nitrogen and oxygen atoms in total. The number of carbonyl (C=O) groups is 6. The fourth-order valence-corrected chi connectivity index (χ4v) is 4.37. The third-order valence-corrected chi connectivity index (χ3v) is 8.25. The Morgan fingerprint density at radius 2 is 1.24 bits per heavy atom. The molecule has 1 heterocycles. The van der Waals surface area contributed by atoms with Gasteiger partial charge in [0.25, 0.3) is 11.8 Å². The van der Waals surface area contributed by atoms with Gasteiger partial charge in [-0.3, -0.25) is 33.7 Å². The van der Waals surface area contributed by atoms with Crippen LogP contribution in [0.15, 0.2) is 12.2 Å². The number of nitrogens with one attached hydrogen (secondary N) is 3. The van der Waals surface area contributed by atoms with Crippen LogP contribution in [0, 0.1) is 10.8 Å². The van der Waals surface area contributed by atoms with Crippen molar-refractivity contribution in [2.45, 2.75) is 118 Å². The number of imide groups is 1. The Balaban J connectivity index is 2.31. The lowest BCUT2D eigenvalue weighted by Crippen LogP contribution is -2.52. The van der Waals surface area contributed by atoms with Gasteiger partial charge in [0.1, 0.15) is 0 Å². The number of nitrogens with zero attached hydrogens (tertiary/aromatic N) is 1. The van der Waals surface area contributed by atoms with Gasteiger partial charge in [0, 0.05) is 63.3 Å². The molecule has 4 N–H and O–H groups in total. The lowest BCUT2D eigenvalue weighted by Gasteiger charge is -2.33. The van der Waals surface area contributed by atoms with Gasteiger partial charge in [-0.25, -0.2) is 0 Å². The van der Waals surface area contributed by atoms with E-state index in [1.807, 2.05) is 55.4 Å². The predicted molar refractivity (Wildman–Crippen MR) is 183 cm³/mol. The number of hydrogen-bond acceptors (Lipinski definition) is 9. The van der Waals surface area contributed by atoms with E-state index in [4.69, 9.17) is 14.2 Å². The van der Waals surface area contributed by atoms with E-state index in [1.165, 1.54) is 12.2 Å². The highest BCUT2D eigenvalue weighted by atomic mass is 16.5. The lowest BCUT2D eigenvalue weighted by atomic mass is 9.87. The molecule has 1 rings (SSSR count). The van der Waals surface area contributed by atoms with E-state index < -0.39 is 45.4 Å².